The minimum absolute atomic E-state index is 0.0645. The predicted molar refractivity (Wildman–Crippen MR) is 77.2 cm³/mol. The second kappa shape index (κ2) is 7.84. The number of halogens is 2. The van der Waals surface area contributed by atoms with E-state index >= 15 is 0 Å². The molecule has 0 saturated heterocycles. The molecule has 5 nitrogen and oxygen atoms in total. The van der Waals surface area contributed by atoms with Gasteiger partial charge >= 0.3 is 12.0 Å². The van der Waals surface area contributed by atoms with Crippen molar-refractivity contribution in [1.82, 2.24) is 5.32 Å². The average molecular weight is 347 g/mol. The first-order valence-electron chi connectivity index (χ1n) is 6.13. The summed E-state index contributed by atoms with van der Waals surface area (Å²) in [6, 6.07) is 3.62. The van der Waals surface area contributed by atoms with Gasteiger partial charge in [0.05, 0.1) is 5.69 Å². The molecule has 1 aromatic rings. The number of carboxylic acid groups (broad SMARTS) is 1. The average Bonchev–Trinajstić information content (AvgIpc) is 2.32. The van der Waals surface area contributed by atoms with Gasteiger partial charge in [0.25, 0.3) is 0 Å². The Labute approximate surface area is 124 Å². The molecule has 0 aliphatic rings. The molecular formula is C13H16BrFN2O3. The largest absolute Gasteiger partial charge is 0.481 e. The third-order valence-electron chi connectivity index (χ3n) is 2.58. The van der Waals surface area contributed by atoms with Gasteiger partial charge in [-0.25, -0.2) is 9.18 Å². The summed E-state index contributed by atoms with van der Waals surface area (Å²) in [6.45, 7) is 1.76. The molecule has 0 aliphatic carbocycles. The molecule has 0 aliphatic heterocycles. The van der Waals surface area contributed by atoms with Crippen LogP contribution in [0.25, 0.3) is 0 Å². The SMILES string of the molecule is CC(CCCC(=O)O)NC(=O)Nc1ccc(Br)cc1F. The van der Waals surface area contributed by atoms with Gasteiger partial charge < -0.3 is 15.7 Å². The van der Waals surface area contributed by atoms with Gasteiger partial charge in [-0.1, -0.05) is 15.9 Å². The highest BCUT2D eigenvalue weighted by Crippen LogP contribution is 2.19. The molecule has 0 aromatic heterocycles. The smallest absolute Gasteiger partial charge is 0.319 e. The molecule has 0 saturated carbocycles. The summed E-state index contributed by atoms with van der Waals surface area (Å²) in [4.78, 5) is 22.0. The summed E-state index contributed by atoms with van der Waals surface area (Å²) >= 11 is 3.13. The highest BCUT2D eigenvalue weighted by Gasteiger charge is 2.10. The number of carboxylic acids is 1. The van der Waals surface area contributed by atoms with E-state index in [0.717, 1.165) is 0 Å². The number of rotatable bonds is 6. The monoisotopic (exact) mass is 346 g/mol. The first-order chi connectivity index (χ1) is 9.38. The molecule has 1 aromatic carbocycles. The van der Waals surface area contributed by atoms with E-state index in [2.05, 4.69) is 26.6 Å². The van der Waals surface area contributed by atoms with Crippen LogP contribution in [0.4, 0.5) is 14.9 Å². The van der Waals surface area contributed by atoms with Crippen molar-refractivity contribution < 1.29 is 19.1 Å². The second-order valence-electron chi connectivity index (χ2n) is 4.41. The third-order valence-corrected chi connectivity index (χ3v) is 3.08. The minimum Gasteiger partial charge on any atom is -0.481 e. The summed E-state index contributed by atoms with van der Waals surface area (Å²) in [5.41, 5.74) is 0.0865. The van der Waals surface area contributed by atoms with Crippen molar-refractivity contribution in [1.29, 1.82) is 0 Å². The van der Waals surface area contributed by atoms with Crippen LogP contribution >= 0.6 is 15.9 Å². The number of hydrogen-bond donors (Lipinski definition) is 3. The van der Waals surface area contributed by atoms with E-state index in [0.29, 0.717) is 17.3 Å². The number of amides is 2. The lowest BCUT2D eigenvalue weighted by Gasteiger charge is -2.14. The van der Waals surface area contributed by atoms with E-state index in [1.54, 1.807) is 13.0 Å². The second-order valence-corrected chi connectivity index (χ2v) is 5.33. The van der Waals surface area contributed by atoms with Crippen molar-refractivity contribution in [2.75, 3.05) is 5.32 Å². The lowest BCUT2D eigenvalue weighted by atomic mass is 10.1. The molecule has 110 valence electrons. The molecule has 1 atom stereocenters. The normalized spacial score (nSPS) is 11.8. The number of nitrogens with one attached hydrogen (secondary N) is 2. The Bertz CT molecular complexity index is 497. The van der Waals surface area contributed by atoms with Gasteiger partial charge in [0.2, 0.25) is 0 Å². The fourth-order valence-electron chi connectivity index (χ4n) is 1.60. The number of hydrogen-bond acceptors (Lipinski definition) is 2. The number of benzene rings is 1. The molecule has 3 N–H and O–H groups in total. The maximum absolute atomic E-state index is 13.5. The number of urea groups is 1. The van der Waals surface area contributed by atoms with E-state index in [4.69, 9.17) is 5.11 Å². The molecule has 0 heterocycles. The van der Waals surface area contributed by atoms with E-state index in [9.17, 15) is 14.0 Å². The maximum Gasteiger partial charge on any atom is 0.319 e. The van der Waals surface area contributed by atoms with Crippen LogP contribution < -0.4 is 10.6 Å². The number of carbonyl (C=O) groups excluding carboxylic acids is 1. The lowest BCUT2D eigenvalue weighted by Crippen LogP contribution is -2.36. The maximum atomic E-state index is 13.5. The lowest BCUT2D eigenvalue weighted by molar-refractivity contribution is -0.137. The molecule has 0 spiro atoms. The molecule has 1 rings (SSSR count). The van der Waals surface area contributed by atoms with E-state index < -0.39 is 17.8 Å². The summed E-state index contributed by atoms with van der Waals surface area (Å²) < 4.78 is 14.1. The van der Waals surface area contributed by atoms with Crippen LogP contribution in [0.5, 0.6) is 0 Å². The standard InChI is InChI=1S/C13H16BrFN2O3/c1-8(3-2-4-12(18)19)16-13(20)17-11-6-5-9(14)7-10(11)15/h5-8H,2-4H2,1H3,(H,18,19)(H2,16,17,20). The molecule has 2 amide bonds. The van der Waals surface area contributed by atoms with Crippen LogP contribution in [0, 0.1) is 5.82 Å². The van der Waals surface area contributed by atoms with Crippen molar-refractivity contribution >= 4 is 33.6 Å². The van der Waals surface area contributed by atoms with Gasteiger partial charge in [0.1, 0.15) is 5.82 Å². The number of aliphatic carboxylic acids is 1. The van der Waals surface area contributed by atoms with Crippen molar-refractivity contribution in [2.45, 2.75) is 32.2 Å². The Hall–Kier alpha value is -1.63. The minimum atomic E-state index is -0.862. The zero-order chi connectivity index (χ0) is 15.1. The van der Waals surface area contributed by atoms with Gasteiger partial charge in [-0.3, -0.25) is 4.79 Å². The van der Waals surface area contributed by atoms with Crippen LogP contribution in [0.3, 0.4) is 0 Å². The zero-order valence-electron chi connectivity index (χ0n) is 11.0. The van der Waals surface area contributed by atoms with E-state index in [1.165, 1.54) is 12.1 Å². The summed E-state index contributed by atoms with van der Waals surface area (Å²) in [7, 11) is 0. The van der Waals surface area contributed by atoms with Gasteiger partial charge in [-0.15, -0.1) is 0 Å². The topological polar surface area (TPSA) is 78.4 Å². The Morgan fingerprint density at radius 1 is 1.45 bits per heavy atom. The van der Waals surface area contributed by atoms with Crippen LogP contribution in [-0.4, -0.2) is 23.1 Å². The summed E-state index contributed by atoms with van der Waals surface area (Å²) in [5.74, 6) is -1.40. The Kier molecular flexibility index (Phi) is 6.44. The van der Waals surface area contributed by atoms with E-state index in [-0.39, 0.29) is 18.2 Å². The fourth-order valence-corrected chi connectivity index (χ4v) is 1.94. The van der Waals surface area contributed by atoms with Gasteiger partial charge in [0, 0.05) is 16.9 Å². The Morgan fingerprint density at radius 3 is 2.75 bits per heavy atom. The fraction of sp³-hybridized carbons (Fsp3) is 0.385. The summed E-state index contributed by atoms with van der Waals surface area (Å²) in [5, 5.41) is 13.5. The first-order valence-corrected chi connectivity index (χ1v) is 6.92. The van der Waals surface area contributed by atoms with Crippen LogP contribution in [0.15, 0.2) is 22.7 Å². The number of anilines is 1. The van der Waals surface area contributed by atoms with Crippen LogP contribution in [0.2, 0.25) is 0 Å². The predicted octanol–water partition coefficient (Wildman–Crippen LogP) is 3.35. The highest BCUT2D eigenvalue weighted by atomic mass is 79.9. The molecule has 7 heteroatoms. The van der Waals surface area contributed by atoms with Crippen LogP contribution in [-0.2, 0) is 4.79 Å². The molecule has 0 fully saturated rings. The molecule has 1 unspecified atom stereocenters. The van der Waals surface area contributed by atoms with Gasteiger partial charge in [-0.2, -0.15) is 0 Å². The van der Waals surface area contributed by atoms with Crippen LogP contribution in [0.1, 0.15) is 26.2 Å². The molecule has 0 radical (unpaired) electrons. The zero-order valence-corrected chi connectivity index (χ0v) is 12.5. The Balaban J connectivity index is 2.41. The van der Waals surface area contributed by atoms with Crippen molar-refractivity contribution in [3.8, 4) is 0 Å². The number of carbonyl (C=O) groups is 2. The first kappa shape index (κ1) is 16.4. The van der Waals surface area contributed by atoms with Gasteiger partial charge in [-0.05, 0) is 38.0 Å². The third kappa shape index (κ3) is 6.01. The van der Waals surface area contributed by atoms with E-state index in [1.807, 2.05) is 0 Å². The molecule has 0 bridgehead atoms. The van der Waals surface area contributed by atoms with Crippen molar-refractivity contribution in [3.05, 3.63) is 28.5 Å². The van der Waals surface area contributed by atoms with Crippen molar-refractivity contribution in [3.63, 3.8) is 0 Å². The van der Waals surface area contributed by atoms with Crippen molar-refractivity contribution in [2.24, 2.45) is 0 Å². The van der Waals surface area contributed by atoms with Gasteiger partial charge in [0.15, 0.2) is 0 Å². The Morgan fingerprint density at radius 2 is 2.15 bits per heavy atom. The quantitative estimate of drug-likeness (QED) is 0.738. The highest BCUT2D eigenvalue weighted by molar-refractivity contribution is 9.10. The summed E-state index contributed by atoms with van der Waals surface area (Å²) in [6.07, 6.45) is 1.08. The molecular weight excluding hydrogens is 331 g/mol. The molecule has 20 heavy (non-hydrogen) atoms.